The number of rotatable bonds is 26. The number of hydrogen-bond acceptors (Lipinski definition) is 5. The van der Waals surface area contributed by atoms with E-state index in [9.17, 15) is 25.2 Å². The van der Waals surface area contributed by atoms with Gasteiger partial charge in [-0.15, -0.1) is 0 Å². The zero-order valence-electron chi connectivity index (χ0n) is 24.0. The van der Waals surface area contributed by atoms with Crippen LogP contribution in [0.5, 0.6) is 0 Å². The molecule has 0 aromatic carbocycles. The molecule has 0 saturated carbocycles. The van der Waals surface area contributed by atoms with E-state index >= 15 is 0 Å². The molecule has 0 spiro atoms. The third-order valence-electron chi connectivity index (χ3n) is 6.89. The summed E-state index contributed by atoms with van der Waals surface area (Å²) in [4.78, 5) is 12.3. The molecule has 0 aromatic heterocycles. The molecule has 0 heterocycles. The average molecular weight is 526 g/mol. The van der Waals surface area contributed by atoms with Gasteiger partial charge in [-0.2, -0.15) is 0 Å². The van der Waals surface area contributed by atoms with Crippen LogP contribution >= 0.6 is 0 Å². The van der Waals surface area contributed by atoms with Crippen molar-refractivity contribution in [2.45, 2.75) is 160 Å². The molecule has 218 valence electrons. The Labute approximate surface area is 227 Å². The normalized spacial score (nSPS) is 15.3. The molecular formula is C31H59NO5. The van der Waals surface area contributed by atoms with Gasteiger partial charge in [0.2, 0.25) is 5.91 Å². The fraction of sp³-hybridized carbons (Fsp3) is 0.839. The summed E-state index contributed by atoms with van der Waals surface area (Å²) in [5.74, 6) is -0.634. The molecule has 5 N–H and O–H groups in total. The smallest absolute Gasteiger partial charge is 0.249 e. The zero-order valence-corrected chi connectivity index (χ0v) is 24.0. The molecule has 6 nitrogen and oxygen atoms in total. The zero-order chi connectivity index (χ0) is 27.6. The van der Waals surface area contributed by atoms with E-state index < -0.39 is 36.9 Å². The second kappa shape index (κ2) is 26.4. The number of aliphatic hydroxyl groups excluding tert-OH is 4. The van der Waals surface area contributed by atoms with E-state index in [0.717, 1.165) is 25.7 Å². The summed E-state index contributed by atoms with van der Waals surface area (Å²) < 4.78 is 0. The van der Waals surface area contributed by atoms with Crippen molar-refractivity contribution < 1.29 is 25.2 Å². The van der Waals surface area contributed by atoms with Gasteiger partial charge in [0.1, 0.15) is 12.2 Å². The van der Waals surface area contributed by atoms with Crippen molar-refractivity contribution in [3.63, 3.8) is 0 Å². The number of hydrogen-bond donors (Lipinski definition) is 5. The predicted molar refractivity (Wildman–Crippen MR) is 154 cm³/mol. The first kappa shape index (κ1) is 35.8. The molecule has 0 bridgehead atoms. The molecule has 0 aliphatic rings. The van der Waals surface area contributed by atoms with Gasteiger partial charge in [-0.25, -0.2) is 0 Å². The van der Waals surface area contributed by atoms with Crippen molar-refractivity contribution >= 4 is 5.91 Å². The Morgan fingerprint density at radius 3 is 1.65 bits per heavy atom. The quantitative estimate of drug-likeness (QED) is 0.0691. The van der Waals surface area contributed by atoms with Crippen molar-refractivity contribution in [2.24, 2.45) is 0 Å². The Balaban J connectivity index is 4.01. The summed E-state index contributed by atoms with van der Waals surface area (Å²) in [5.41, 5.74) is 0. The third-order valence-corrected chi connectivity index (χ3v) is 6.89. The molecule has 0 radical (unpaired) electrons. The highest BCUT2D eigenvalue weighted by Gasteiger charge is 2.28. The molecule has 0 aromatic rings. The first-order chi connectivity index (χ1) is 18.0. The molecule has 1 amide bonds. The van der Waals surface area contributed by atoms with Crippen LogP contribution in [0.1, 0.15) is 136 Å². The van der Waals surface area contributed by atoms with Gasteiger partial charge in [-0.3, -0.25) is 4.79 Å². The van der Waals surface area contributed by atoms with E-state index in [1.807, 2.05) is 6.08 Å². The maximum atomic E-state index is 12.3. The lowest BCUT2D eigenvalue weighted by molar-refractivity contribution is -0.132. The van der Waals surface area contributed by atoms with Crippen LogP contribution in [0.2, 0.25) is 0 Å². The lowest BCUT2D eigenvalue weighted by Gasteiger charge is -2.27. The van der Waals surface area contributed by atoms with Crippen LogP contribution in [-0.4, -0.2) is 57.3 Å². The molecule has 6 heteroatoms. The lowest BCUT2D eigenvalue weighted by atomic mass is 10.0. The van der Waals surface area contributed by atoms with E-state index in [4.69, 9.17) is 0 Å². The largest absolute Gasteiger partial charge is 0.394 e. The minimum atomic E-state index is -1.29. The second-order valence-corrected chi connectivity index (χ2v) is 10.4. The van der Waals surface area contributed by atoms with Crippen molar-refractivity contribution in [1.29, 1.82) is 0 Å². The maximum Gasteiger partial charge on any atom is 0.249 e. The second-order valence-electron chi connectivity index (χ2n) is 10.4. The summed E-state index contributed by atoms with van der Waals surface area (Å²) in [5, 5.41) is 42.9. The molecule has 0 aliphatic carbocycles. The minimum Gasteiger partial charge on any atom is -0.394 e. The monoisotopic (exact) mass is 525 g/mol. The molecular weight excluding hydrogens is 466 g/mol. The molecule has 0 saturated heterocycles. The van der Waals surface area contributed by atoms with E-state index in [1.54, 1.807) is 0 Å². The Morgan fingerprint density at radius 1 is 0.649 bits per heavy atom. The Morgan fingerprint density at radius 2 is 1.11 bits per heavy atom. The van der Waals surface area contributed by atoms with Crippen LogP contribution in [0.3, 0.4) is 0 Å². The summed E-state index contributed by atoms with van der Waals surface area (Å²) in [6.07, 6.45) is 25.0. The molecule has 4 atom stereocenters. The van der Waals surface area contributed by atoms with Crippen molar-refractivity contribution in [3.8, 4) is 0 Å². The Kier molecular flexibility index (Phi) is 25.5. The number of amides is 1. The van der Waals surface area contributed by atoms with E-state index in [1.165, 1.54) is 70.6 Å². The first-order valence-corrected chi connectivity index (χ1v) is 15.2. The molecule has 0 fully saturated rings. The number of aliphatic hydroxyl groups is 4. The molecule has 4 unspecified atom stereocenters. The SMILES string of the molecule is CCCCCC/C=C\CCC(O)C(=O)NC(CO)C(O)C(O)CCC/C=C/CCCCCCCCCC. The number of nitrogens with one attached hydrogen (secondary N) is 1. The van der Waals surface area contributed by atoms with Crippen molar-refractivity contribution in [2.75, 3.05) is 6.61 Å². The standard InChI is InChI=1S/C31H59NO5/c1-3-5-7-9-11-13-14-15-16-17-19-20-22-24-28(34)30(36)27(26-33)32-31(37)29(35)25-23-21-18-12-10-8-6-4-2/h17-19,21,27-30,33-36H,3-16,20,22-26H2,1-2H3,(H,32,37)/b19-17+,21-18-. The average Bonchev–Trinajstić information content (AvgIpc) is 2.90. The minimum absolute atomic E-state index is 0.277. The number of unbranched alkanes of at least 4 members (excludes halogenated alkanes) is 13. The topological polar surface area (TPSA) is 110 Å². The lowest BCUT2D eigenvalue weighted by Crippen LogP contribution is -2.53. The molecule has 37 heavy (non-hydrogen) atoms. The Hall–Kier alpha value is -1.21. The van der Waals surface area contributed by atoms with Crippen LogP contribution < -0.4 is 5.32 Å². The summed E-state index contributed by atoms with van der Waals surface area (Å²) in [6.45, 7) is 3.92. The highest BCUT2D eigenvalue weighted by Crippen LogP contribution is 2.12. The van der Waals surface area contributed by atoms with E-state index in [0.29, 0.717) is 19.3 Å². The van der Waals surface area contributed by atoms with Crippen LogP contribution in [0.25, 0.3) is 0 Å². The number of carbonyl (C=O) groups excluding carboxylic acids is 1. The van der Waals surface area contributed by atoms with Gasteiger partial charge in [0.15, 0.2) is 0 Å². The van der Waals surface area contributed by atoms with Gasteiger partial charge in [0.25, 0.3) is 0 Å². The van der Waals surface area contributed by atoms with Gasteiger partial charge >= 0.3 is 0 Å². The van der Waals surface area contributed by atoms with Crippen LogP contribution in [0.15, 0.2) is 24.3 Å². The third kappa shape index (κ3) is 21.4. The van der Waals surface area contributed by atoms with Crippen LogP contribution in [-0.2, 0) is 4.79 Å². The highest BCUT2D eigenvalue weighted by atomic mass is 16.3. The van der Waals surface area contributed by atoms with Gasteiger partial charge in [-0.05, 0) is 57.8 Å². The summed E-state index contributed by atoms with van der Waals surface area (Å²) in [6, 6.07) is -1.01. The van der Waals surface area contributed by atoms with Gasteiger partial charge in [-0.1, -0.05) is 102 Å². The molecule has 0 aliphatic heterocycles. The van der Waals surface area contributed by atoms with Crippen LogP contribution in [0, 0.1) is 0 Å². The van der Waals surface area contributed by atoms with Crippen LogP contribution in [0.4, 0.5) is 0 Å². The summed E-state index contributed by atoms with van der Waals surface area (Å²) in [7, 11) is 0. The summed E-state index contributed by atoms with van der Waals surface area (Å²) >= 11 is 0. The predicted octanol–water partition coefficient (Wildman–Crippen LogP) is 6.11. The van der Waals surface area contributed by atoms with Gasteiger partial charge in [0, 0.05) is 0 Å². The van der Waals surface area contributed by atoms with Gasteiger partial charge < -0.3 is 25.7 Å². The Bertz CT molecular complexity index is 566. The van der Waals surface area contributed by atoms with E-state index in [2.05, 4.69) is 37.4 Å². The first-order valence-electron chi connectivity index (χ1n) is 15.2. The van der Waals surface area contributed by atoms with Crippen molar-refractivity contribution in [3.05, 3.63) is 24.3 Å². The number of carbonyl (C=O) groups is 1. The molecule has 0 rings (SSSR count). The highest BCUT2D eigenvalue weighted by molar-refractivity contribution is 5.80. The van der Waals surface area contributed by atoms with Crippen molar-refractivity contribution in [1.82, 2.24) is 5.32 Å². The fourth-order valence-corrected chi connectivity index (χ4v) is 4.34. The maximum absolute atomic E-state index is 12.3. The fourth-order valence-electron chi connectivity index (χ4n) is 4.34. The van der Waals surface area contributed by atoms with E-state index in [-0.39, 0.29) is 6.42 Å². The number of allylic oxidation sites excluding steroid dienone is 4. The van der Waals surface area contributed by atoms with Gasteiger partial charge in [0.05, 0.1) is 18.8 Å².